The highest BCUT2D eigenvalue weighted by atomic mass is 19.1. The first kappa shape index (κ1) is 25.3. The van der Waals surface area contributed by atoms with Crippen molar-refractivity contribution in [1.29, 1.82) is 0 Å². The lowest BCUT2D eigenvalue weighted by Crippen LogP contribution is -2.20. The molecule has 1 unspecified atom stereocenters. The van der Waals surface area contributed by atoms with Crippen LogP contribution in [-0.4, -0.2) is 45.7 Å². The highest BCUT2D eigenvalue weighted by Crippen LogP contribution is 2.36. The third-order valence-electron chi connectivity index (χ3n) is 6.37. The average molecular weight is 519 g/mol. The summed E-state index contributed by atoms with van der Waals surface area (Å²) in [5.41, 5.74) is 1.14. The first-order valence-electron chi connectivity index (χ1n) is 12.5. The van der Waals surface area contributed by atoms with Gasteiger partial charge in [0, 0.05) is 41.9 Å². The molecule has 2 aromatic carbocycles. The molecule has 0 aliphatic carbocycles. The van der Waals surface area contributed by atoms with Crippen LogP contribution in [-0.2, 0) is 0 Å². The number of aliphatic imine (C=N–C) groups is 1. The predicted octanol–water partition coefficient (Wildman–Crippen LogP) is 5.95. The summed E-state index contributed by atoms with van der Waals surface area (Å²) in [6.07, 6.45) is 8.19. The molecule has 1 aliphatic heterocycles. The van der Waals surface area contributed by atoms with Gasteiger partial charge < -0.3 is 14.8 Å². The average Bonchev–Trinajstić information content (AvgIpc) is 3.31. The summed E-state index contributed by atoms with van der Waals surface area (Å²) in [6.45, 7) is 3.94. The molecular weight excluding hydrogens is 490 g/mol. The fourth-order valence-corrected chi connectivity index (χ4v) is 4.61. The number of nitrogens with one attached hydrogen (secondary N) is 1. The third kappa shape index (κ3) is 4.81. The van der Waals surface area contributed by atoms with E-state index < -0.39 is 17.7 Å². The highest BCUT2D eigenvalue weighted by Gasteiger charge is 2.26. The monoisotopic (exact) mass is 518 g/mol. The maximum Gasteiger partial charge on any atom is 0.182 e. The van der Waals surface area contributed by atoms with Crippen LogP contribution < -0.4 is 14.8 Å². The fraction of sp³-hybridized carbons (Fsp3) is 0.286. The Morgan fingerprint density at radius 1 is 1.16 bits per heavy atom. The van der Waals surface area contributed by atoms with Gasteiger partial charge in [-0.3, -0.25) is 9.67 Å². The van der Waals surface area contributed by atoms with Gasteiger partial charge in [-0.25, -0.2) is 18.7 Å². The van der Waals surface area contributed by atoms with E-state index in [0.717, 1.165) is 5.39 Å². The molecule has 0 spiro atoms. The lowest BCUT2D eigenvalue weighted by Gasteiger charge is -2.19. The summed E-state index contributed by atoms with van der Waals surface area (Å²) < 4.78 is 42.9. The van der Waals surface area contributed by atoms with Gasteiger partial charge in [0.05, 0.1) is 37.5 Å². The molecule has 8 nitrogen and oxygen atoms in total. The van der Waals surface area contributed by atoms with Crippen LogP contribution in [0.1, 0.15) is 38.3 Å². The zero-order valence-corrected chi connectivity index (χ0v) is 21.4. The molecular formula is C28H28F2N6O2. The van der Waals surface area contributed by atoms with E-state index in [1.165, 1.54) is 12.1 Å². The van der Waals surface area contributed by atoms with Gasteiger partial charge in [-0.15, -0.1) is 0 Å². The molecule has 1 N–H and O–H groups in total. The lowest BCUT2D eigenvalue weighted by atomic mass is 10.0. The zero-order valence-electron chi connectivity index (χ0n) is 21.4. The Balaban J connectivity index is 1.60. The first-order chi connectivity index (χ1) is 18.5. The van der Waals surface area contributed by atoms with E-state index in [0.29, 0.717) is 48.1 Å². The van der Waals surface area contributed by atoms with Crippen LogP contribution in [0.25, 0.3) is 22.4 Å². The molecule has 0 bridgehead atoms. The molecule has 0 radical (unpaired) electrons. The van der Waals surface area contributed by atoms with Gasteiger partial charge in [0.25, 0.3) is 0 Å². The maximum absolute atomic E-state index is 15.2. The molecule has 5 rings (SSSR count). The first-order valence-corrected chi connectivity index (χ1v) is 12.5. The van der Waals surface area contributed by atoms with Crippen LogP contribution in [0.15, 0.2) is 59.9 Å². The molecule has 2 aromatic heterocycles. The van der Waals surface area contributed by atoms with Crippen molar-refractivity contribution in [3.63, 3.8) is 0 Å². The van der Waals surface area contributed by atoms with E-state index in [4.69, 9.17) is 19.6 Å². The minimum absolute atomic E-state index is 0.00599. The standard InChI is InChI=1S/C28H28F2N6O2/c1-4-22(25-20(29)14-18(38-5-2)15-21(25)30)36-23-9-7-6-8-19(23)26(35-36)28-32-16-24(37-3)27(34-28)33-17-10-12-31-13-11-17/h6-10,12-17,22H,4-5,11H2,1-3H3,(H,32,33,34)/t17?,22-/m1/s1. The van der Waals surface area contributed by atoms with Crippen molar-refractivity contribution >= 4 is 22.9 Å². The van der Waals surface area contributed by atoms with E-state index in [-0.39, 0.29) is 17.4 Å². The minimum Gasteiger partial charge on any atom is -0.494 e. The molecule has 10 heteroatoms. The van der Waals surface area contributed by atoms with E-state index in [9.17, 15) is 0 Å². The van der Waals surface area contributed by atoms with E-state index >= 15 is 8.78 Å². The molecule has 0 saturated carbocycles. The van der Waals surface area contributed by atoms with Gasteiger partial charge in [-0.1, -0.05) is 25.1 Å². The Hall–Kier alpha value is -4.34. The molecule has 0 amide bonds. The number of para-hydroxylation sites is 1. The molecule has 3 heterocycles. The highest BCUT2D eigenvalue weighted by molar-refractivity contribution is 5.92. The van der Waals surface area contributed by atoms with Crippen LogP contribution in [0.2, 0.25) is 0 Å². The van der Waals surface area contributed by atoms with Crippen molar-refractivity contribution in [2.75, 3.05) is 19.0 Å². The Kier molecular flexibility index (Phi) is 7.30. The molecule has 38 heavy (non-hydrogen) atoms. The Labute approximate surface area is 219 Å². The number of benzene rings is 2. The number of fused-ring (bicyclic) bond motifs is 1. The van der Waals surface area contributed by atoms with Crippen molar-refractivity contribution in [3.8, 4) is 23.0 Å². The van der Waals surface area contributed by atoms with Gasteiger partial charge >= 0.3 is 0 Å². The van der Waals surface area contributed by atoms with E-state index in [2.05, 4.69) is 15.3 Å². The largest absolute Gasteiger partial charge is 0.494 e. The number of nitrogens with zero attached hydrogens (tertiary/aromatic N) is 5. The molecule has 2 atom stereocenters. The molecule has 0 fully saturated rings. The summed E-state index contributed by atoms with van der Waals surface area (Å²) in [7, 11) is 1.55. The van der Waals surface area contributed by atoms with Gasteiger partial charge in [-0.2, -0.15) is 5.10 Å². The van der Waals surface area contributed by atoms with Gasteiger partial charge in [0.15, 0.2) is 17.4 Å². The summed E-state index contributed by atoms with van der Waals surface area (Å²) in [5, 5.41) is 8.93. The molecule has 4 aromatic rings. The fourth-order valence-electron chi connectivity index (χ4n) is 4.61. The summed E-state index contributed by atoms with van der Waals surface area (Å²) in [4.78, 5) is 13.3. The van der Waals surface area contributed by atoms with E-state index in [1.807, 2.05) is 43.5 Å². The summed E-state index contributed by atoms with van der Waals surface area (Å²) >= 11 is 0. The summed E-state index contributed by atoms with van der Waals surface area (Å²) in [5.74, 6) is 0.141. The summed E-state index contributed by atoms with van der Waals surface area (Å²) in [6, 6.07) is 9.23. The topological polar surface area (TPSA) is 86.5 Å². The predicted molar refractivity (Wildman–Crippen MR) is 143 cm³/mol. The van der Waals surface area contributed by atoms with Crippen LogP contribution >= 0.6 is 0 Å². The number of rotatable bonds is 9. The van der Waals surface area contributed by atoms with Crippen molar-refractivity contribution in [2.45, 2.75) is 38.8 Å². The number of hydrogen-bond donors (Lipinski definition) is 1. The van der Waals surface area contributed by atoms with Crippen molar-refractivity contribution < 1.29 is 18.3 Å². The number of hydrogen-bond acceptors (Lipinski definition) is 7. The number of methoxy groups -OCH3 is 1. The lowest BCUT2D eigenvalue weighted by molar-refractivity contribution is 0.334. The Morgan fingerprint density at radius 3 is 2.63 bits per heavy atom. The molecule has 0 saturated heterocycles. The quantitative estimate of drug-likeness (QED) is 0.295. The maximum atomic E-state index is 15.2. The third-order valence-corrected chi connectivity index (χ3v) is 6.37. The normalized spacial score (nSPS) is 15.6. The van der Waals surface area contributed by atoms with Gasteiger partial charge in [-0.05, 0) is 25.5 Å². The SMILES string of the molecule is CCOc1cc(F)c([C@@H](CC)n2nc(-c3ncc(OC)c(NC4C=CN=CC4)n3)c3ccccc32)c(F)c1. The smallest absolute Gasteiger partial charge is 0.182 e. The zero-order chi connectivity index (χ0) is 26.6. The number of halogens is 2. The number of ether oxygens (including phenoxy) is 2. The minimum atomic E-state index is -0.702. The van der Waals surface area contributed by atoms with E-state index in [1.54, 1.807) is 31.1 Å². The second-order valence-corrected chi connectivity index (χ2v) is 8.74. The molecule has 1 aliphatic rings. The Bertz CT molecular complexity index is 1490. The second-order valence-electron chi connectivity index (χ2n) is 8.74. The Morgan fingerprint density at radius 2 is 1.95 bits per heavy atom. The van der Waals surface area contributed by atoms with Crippen LogP contribution in [0.3, 0.4) is 0 Å². The molecule has 196 valence electrons. The second kappa shape index (κ2) is 11.0. The van der Waals surface area contributed by atoms with Crippen LogP contribution in [0, 0.1) is 11.6 Å². The van der Waals surface area contributed by atoms with Crippen molar-refractivity contribution in [1.82, 2.24) is 19.7 Å². The van der Waals surface area contributed by atoms with Crippen LogP contribution in [0.5, 0.6) is 11.5 Å². The number of aromatic nitrogens is 4. The van der Waals surface area contributed by atoms with Gasteiger partial charge in [0.1, 0.15) is 23.1 Å². The van der Waals surface area contributed by atoms with Crippen molar-refractivity contribution in [2.24, 2.45) is 4.99 Å². The number of anilines is 1. The van der Waals surface area contributed by atoms with Crippen molar-refractivity contribution in [3.05, 3.63) is 72.1 Å². The van der Waals surface area contributed by atoms with Gasteiger partial charge in [0.2, 0.25) is 0 Å². The van der Waals surface area contributed by atoms with Crippen LogP contribution in [0.4, 0.5) is 14.6 Å².